The molecule has 1 aliphatic heterocycles. The van der Waals surface area contributed by atoms with Crippen molar-refractivity contribution in [2.24, 2.45) is 5.92 Å². The molecule has 0 saturated heterocycles. The van der Waals surface area contributed by atoms with Gasteiger partial charge in [-0.2, -0.15) is 0 Å². The molecule has 6 heteroatoms. The molecule has 2 heterocycles. The predicted molar refractivity (Wildman–Crippen MR) is 91.4 cm³/mol. The van der Waals surface area contributed by atoms with Crippen LogP contribution in [0.1, 0.15) is 31.9 Å². The van der Waals surface area contributed by atoms with E-state index < -0.39 is 17.7 Å². The fourth-order valence-electron chi connectivity index (χ4n) is 2.90. The molecule has 1 N–H and O–H groups in total. The van der Waals surface area contributed by atoms with Gasteiger partial charge >= 0.3 is 0 Å². The van der Waals surface area contributed by atoms with Crippen molar-refractivity contribution < 1.29 is 14.7 Å². The molecular weight excluding hydrogens is 306 g/mol. The van der Waals surface area contributed by atoms with E-state index in [1.807, 2.05) is 19.0 Å². The summed E-state index contributed by atoms with van der Waals surface area (Å²) in [6.07, 6.45) is 4.02. The first-order valence-corrected chi connectivity index (χ1v) is 8.17. The summed E-state index contributed by atoms with van der Waals surface area (Å²) in [5.41, 5.74) is 0.988. The second-order valence-electron chi connectivity index (χ2n) is 6.62. The lowest BCUT2D eigenvalue weighted by Gasteiger charge is -2.27. The van der Waals surface area contributed by atoms with E-state index >= 15 is 0 Å². The summed E-state index contributed by atoms with van der Waals surface area (Å²) in [6, 6.07) is 3.02. The number of aliphatic hydroxyl groups excluding tert-OH is 1. The van der Waals surface area contributed by atoms with Crippen LogP contribution in [-0.2, 0) is 9.59 Å². The standard InChI is InChI=1S/C18H25N3O3/c1-12(2)16(22)14-15(13-6-8-19-9-7-13)21(18(24)17(14)23)11-5-10-20(3)4/h6-9,12,15,23H,5,10-11H2,1-4H3. The van der Waals surface area contributed by atoms with Crippen molar-refractivity contribution in [1.82, 2.24) is 14.8 Å². The van der Waals surface area contributed by atoms with Crippen molar-refractivity contribution >= 4 is 11.7 Å². The monoisotopic (exact) mass is 331 g/mol. The summed E-state index contributed by atoms with van der Waals surface area (Å²) >= 11 is 0. The first kappa shape index (κ1) is 18.1. The van der Waals surface area contributed by atoms with Gasteiger partial charge in [-0.1, -0.05) is 13.8 Å². The molecule has 1 aliphatic rings. The van der Waals surface area contributed by atoms with Crippen LogP contribution in [-0.4, -0.2) is 58.8 Å². The maximum absolute atomic E-state index is 12.6. The molecule has 6 nitrogen and oxygen atoms in total. The molecule has 0 fully saturated rings. The molecule has 1 unspecified atom stereocenters. The Morgan fingerprint density at radius 2 is 1.96 bits per heavy atom. The van der Waals surface area contributed by atoms with Gasteiger partial charge in [-0.25, -0.2) is 0 Å². The molecule has 0 aliphatic carbocycles. The van der Waals surface area contributed by atoms with Crippen molar-refractivity contribution in [2.45, 2.75) is 26.3 Å². The Labute approximate surface area is 142 Å². The highest BCUT2D eigenvalue weighted by Gasteiger charge is 2.43. The maximum atomic E-state index is 12.6. The zero-order valence-electron chi connectivity index (χ0n) is 14.7. The molecule has 1 aromatic heterocycles. The second-order valence-corrected chi connectivity index (χ2v) is 6.62. The number of carbonyl (C=O) groups excluding carboxylic acids is 2. The smallest absolute Gasteiger partial charge is 0.290 e. The number of aromatic nitrogens is 1. The predicted octanol–water partition coefficient (Wildman–Crippen LogP) is 1.95. The SMILES string of the molecule is CC(C)C(=O)C1=C(O)C(=O)N(CCCN(C)C)C1c1ccncc1. The van der Waals surface area contributed by atoms with E-state index in [-0.39, 0.29) is 17.3 Å². The highest BCUT2D eigenvalue weighted by atomic mass is 16.3. The zero-order valence-corrected chi connectivity index (χ0v) is 14.7. The molecule has 130 valence electrons. The minimum atomic E-state index is -0.544. The number of ketones is 1. The zero-order chi connectivity index (χ0) is 17.9. The van der Waals surface area contributed by atoms with Crippen LogP contribution in [0.3, 0.4) is 0 Å². The summed E-state index contributed by atoms with van der Waals surface area (Å²) in [6.45, 7) is 4.83. The Hall–Kier alpha value is -2.21. The highest BCUT2D eigenvalue weighted by Crippen LogP contribution is 2.38. The summed E-state index contributed by atoms with van der Waals surface area (Å²) in [7, 11) is 3.94. The quantitative estimate of drug-likeness (QED) is 0.827. The number of aliphatic hydroxyl groups is 1. The summed E-state index contributed by atoms with van der Waals surface area (Å²) in [5, 5.41) is 10.3. The van der Waals surface area contributed by atoms with Crippen LogP contribution in [0.5, 0.6) is 0 Å². The first-order valence-electron chi connectivity index (χ1n) is 8.17. The molecule has 1 aromatic rings. The van der Waals surface area contributed by atoms with Crippen LogP contribution >= 0.6 is 0 Å². The number of nitrogens with zero attached hydrogens (tertiary/aromatic N) is 3. The number of amides is 1. The van der Waals surface area contributed by atoms with Gasteiger partial charge in [0, 0.05) is 24.9 Å². The van der Waals surface area contributed by atoms with Crippen LogP contribution in [0.2, 0.25) is 0 Å². The van der Waals surface area contributed by atoms with Gasteiger partial charge in [0.25, 0.3) is 5.91 Å². The third-order valence-electron chi connectivity index (χ3n) is 4.12. The average Bonchev–Trinajstić information content (AvgIpc) is 2.79. The lowest BCUT2D eigenvalue weighted by Crippen LogP contribution is -2.33. The molecule has 0 aromatic carbocycles. The topological polar surface area (TPSA) is 73.7 Å². The third kappa shape index (κ3) is 3.64. The summed E-state index contributed by atoms with van der Waals surface area (Å²) in [5.74, 6) is -1.38. The van der Waals surface area contributed by atoms with Crippen molar-refractivity contribution in [1.29, 1.82) is 0 Å². The molecule has 0 radical (unpaired) electrons. The Balaban J connectivity index is 2.38. The number of pyridine rings is 1. The fraction of sp³-hybridized carbons (Fsp3) is 0.500. The van der Waals surface area contributed by atoms with Crippen molar-refractivity contribution in [2.75, 3.05) is 27.2 Å². The summed E-state index contributed by atoms with van der Waals surface area (Å²) in [4.78, 5) is 32.8. The van der Waals surface area contributed by atoms with Gasteiger partial charge in [0.05, 0.1) is 11.6 Å². The van der Waals surface area contributed by atoms with E-state index in [2.05, 4.69) is 4.98 Å². The van der Waals surface area contributed by atoms with Gasteiger partial charge in [0.15, 0.2) is 11.5 Å². The maximum Gasteiger partial charge on any atom is 0.290 e. The van der Waals surface area contributed by atoms with E-state index in [0.29, 0.717) is 6.54 Å². The molecule has 24 heavy (non-hydrogen) atoms. The van der Waals surface area contributed by atoms with Crippen LogP contribution < -0.4 is 0 Å². The van der Waals surface area contributed by atoms with Crippen LogP contribution in [0, 0.1) is 5.92 Å². The molecular formula is C18H25N3O3. The minimum Gasteiger partial charge on any atom is -0.503 e. The number of hydrogen-bond donors (Lipinski definition) is 1. The van der Waals surface area contributed by atoms with Crippen molar-refractivity contribution in [3.63, 3.8) is 0 Å². The van der Waals surface area contributed by atoms with Crippen LogP contribution in [0.15, 0.2) is 35.9 Å². The molecule has 0 bridgehead atoms. The van der Waals surface area contributed by atoms with Gasteiger partial charge in [0.2, 0.25) is 0 Å². The highest BCUT2D eigenvalue weighted by molar-refractivity contribution is 6.09. The Bertz CT molecular complexity index is 638. The fourth-order valence-corrected chi connectivity index (χ4v) is 2.90. The van der Waals surface area contributed by atoms with E-state index in [4.69, 9.17) is 0 Å². The van der Waals surface area contributed by atoms with Crippen molar-refractivity contribution in [3.05, 3.63) is 41.4 Å². The van der Waals surface area contributed by atoms with E-state index in [1.165, 1.54) is 0 Å². The number of carbonyl (C=O) groups is 2. The summed E-state index contributed by atoms with van der Waals surface area (Å²) < 4.78 is 0. The number of hydrogen-bond acceptors (Lipinski definition) is 5. The molecule has 2 rings (SSSR count). The lowest BCUT2D eigenvalue weighted by molar-refractivity contribution is -0.129. The third-order valence-corrected chi connectivity index (χ3v) is 4.12. The number of rotatable bonds is 7. The van der Waals surface area contributed by atoms with Gasteiger partial charge in [0.1, 0.15) is 0 Å². The van der Waals surface area contributed by atoms with E-state index in [9.17, 15) is 14.7 Å². The minimum absolute atomic E-state index is 0.197. The van der Waals surface area contributed by atoms with Gasteiger partial charge in [-0.3, -0.25) is 14.6 Å². The molecule has 1 amide bonds. The molecule has 1 atom stereocenters. The number of Topliss-reactive ketones (excluding diaryl/α,β-unsaturated/α-hetero) is 1. The Kier molecular flexibility index (Phi) is 5.72. The molecule has 0 saturated carbocycles. The second kappa shape index (κ2) is 7.57. The normalized spacial score (nSPS) is 18.2. The van der Waals surface area contributed by atoms with Crippen LogP contribution in [0.25, 0.3) is 0 Å². The molecule has 0 spiro atoms. The average molecular weight is 331 g/mol. The Morgan fingerprint density at radius 3 is 2.50 bits per heavy atom. The van der Waals surface area contributed by atoms with Gasteiger partial charge in [-0.05, 0) is 44.8 Å². The largest absolute Gasteiger partial charge is 0.503 e. The van der Waals surface area contributed by atoms with Crippen molar-refractivity contribution in [3.8, 4) is 0 Å². The first-order chi connectivity index (χ1) is 11.3. The Morgan fingerprint density at radius 1 is 1.33 bits per heavy atom. The van der Waals surface area contributed by atoms with Gasteiger partial charge < -0.3 is 14.9 Å². The van der Waals surface area contributed by atoms with E-state index in [1.54, 1.807) is 43.3 Å². The van der Waals surface area contributed by atoms with E-state index in [0.717, 1.165) is 18.5 Å². The lowest BCUT2D eigenvalue weighted by atomic mass is 9.92. The van der Waals surface area contributed by atoms with Crippen LogP contribution in [0.4, 0.5) is 0 Å². The van der Waals surface area contributed by atoms with Gasteiger partial charge in [-0.15, -0.1) is 0 Å².